The third-order valence-electron chi connectivity index (χ3n) is 3.22. The van der Waals surface area contributed by atoms with Gasteiger partial charge >= 0.3 is 0 Å². The fraction of sp³-hybridized carbons (Fsp3) is 0. The van der Waals surface area contributed by atoms with E-state index in [9.17, 15) is 10.1 Å². The molecule has 1 aromatic heterocycles. The van der Waals surface area contributed by atoms with Gasteiger partial charge in [-0.3, -0.25) is 4.79 Å². The zero-order chi connectivity index (χ0) is 16.2. The molecular weight excluding hydrogens is 312 g/mol. The van der Waals surface area contributed by atoms with Crippen molar-refractivity contribution in [3.8, 4) is 6.07 Å². The monoisotopic (exact) mass is 322 g/mol. The second kappa shape index (κ2) is 6.39. The van der Waals surface area contributed by atoms with Crippen molar-refractivity contribution in [3.05, 3.63) is 71.0 Å². The predicted octanol–water partition coefficient (Wildman–Crippen LogP) is 4.63. The highest BCUT2D eigenvalue weighted by molar-refractivity contribution is 6.34. The van der Waals surface area contributed by atoms with Crippen molar-refractivity contribution in [2.45, 2.75) is 0 Å². The summed E-state index contributed by atoms with van der Waals surface area (Å²) in [6.45, 7) is 0. The highest BCUT2D eigenvalue weighted by atomic mass is 35.5. The van der Waals surface area contributed by atoms with Crippen LogP contribution in [0.25, 0.3) is 17.0 Å². The van der Waals surface area contributed by atoms with Crippen LogP contribution in [0.15, 0.2) is 64.6 Å². The van der Waals surface area contributed by atoms with Crippen LogP contribution in [-0.2, 0) is 4.79 Å². The number of anilines is 1. The molecule has 1 N–H and O–H groups in total. The fourth-order valence-electron chi connectivity index (χ4n) is 2.12. The molecule has 5 heteroatoms. The average molecular weight is 323 g/mol. The number of furan rings is 1. The third-order valence-corrected chi connectivity index (χ3v) is 3.55. The molecule has 0 bridgehead atoms. The molecule has 112 valence electrons. The van der Waals surface area contributed by atoms with E-state index in [-0.39, 0.29) is 5.57 Å². The Labute approximate surface area is 137 Å². The predicted molar refractivity (Wildman–Crippen MR) is 89.9 cm³/mol. The van der Waals surface area contributed by atoms with E-state index in [1.807, 2.05) is 30.3 Å². The molecule has 0 aliphatic rings. The molecule has 2 aromatic carbocycles. The van der Waals surface area contributed by atoms with Gasteiger partial charge in [-0.15, -0.1) is 0 Å². The van der Waals surface area contributed by atoms with Gasteiger partial charge < -0.3 is 9.73 Å². The van der Waals surface area contributed by atoms with Crippen LogP contribution in [0.1, 0.15) is 5.76 Å². The smallest absolute Gasteiger partial charge is 0.266 e. The molecule has 1 amide bonds. The molecular formula is C18H11ClN2O2. The molecule has 0 saturated carbocycles. The van der Waals surface area contributed by atoms with Crippen LogP contribution >= 0.6 is 11.6 Å². The summed E-state index contributed by atoms with van der Waals surface area (Å²) < 4.78 is 5.59. The number of benzene rings is 2. The Bertz CT molecular complexity index is 918. The van der Waals surface area contributed by atoms with Crippen LogP contribution in [0.4, 0.5) is 5.69 Å². The van der Waals surface area contributed by atoms with Gasteiger partial charge in [-0.25, -0.2) is 0 Å². The first-order valence-corrected chi connectivity index (χ1v) is 7.21. The van der Waals surface area contributed by atoms with Gasteiger partial charge in [-0.2, -0.15) is 5.26 Å². The number of hydrogen-bond donors (Lipinski definition) is 1. The van der Waals surface area contributed by atoms with Gasteiger partial charge in [0.1, 0.15) is 23.0 Å². The Morgan fingerprint density at radius 1 is 1.17 bits per heavy atom. The Morgan fingerprint density at radius 2 is 1.91 bits per heavy atom. The van der Waals surface area contributed by atoms with Gasteiger partial charge in [0, 0.05) is 11.5 Å². The van der Waals surface area contributed by atoms with E-state index >= 15 is 0 Å². The Morgan fingerprint density at radius 3 is 2.65 bits per heavy atom. The van der Waals surface area contributed by atoms with Crippen molar-refractivity contribution in [1.29, 1.82) is 5.26 Å². The topological polar surface area (TPSA) is 66.0 Å². The van der Waals surface area contributed by atoms with E-state index < -0.39 is 5.91 Å². The molecule has 0 spiro atoms. The number of hydrogen-bond acceptors (Lipinski definition) is 3. The quantitative estimate of drug-likeness (QED) is 0.564. The summed E-state index contributed by atoms with van der Waals surface area (Å²) >= 11 is 5.99. The second-order valence-electron chi connectivity index (χ2n) is 4.79. The minimum absolute atomic E-state index is 0.0658. The van der Waals surface area contributed by atoms with Crippen LogP contribution in [0.5, 0.6) is 0 Å². The lowest BCUT2D eigenvalue weighted by Gasteiger charge is -2.05. The van der Waals surface area contributed by atoms with Crippen LogP contribution < -0.4 is 5.32 Å². The summed E-state index contributed by atoms with van der Waals surface area (Å²) in [4.78, 5) is 12.2. The Balaban J connectivity index is 1.88. The normalized spacial score (nSPS) is 11.2. The largest absolute Gasteiger partial charge is 0.457 e. The van der Waals surface area contributed by atoms with Gasteiger partial charge in [0.05, 0.1) is 10.7 Å². The van der Waals surface area contributed by atoms with Crippen molar-refractivity contribution < 1.29 is 9.21 Å². The van der Waals surface area contributed by atoms with Gasteiger partial charge in [-0.1, -0.05) is 41.9 Å². The number of para-hydroxylation sites is 2. The Kier molecular flexibility index (Phi) is 4.13. The lowest BCUT2D eigenvalue weighted by molar-refractivity contribution is -0.112. The van der Waals surface area contributed by atoms with Gasteiger partial charge in [-0.05, 0) is 24.3 Å². The van der Waals surface area contributed by atoms with Crippen molar-refractivity contribution >= 4 is 40.2 Å². The van der Waals surface area contributed by atoms with E-state index in [0.29, 0.717) is 22.1 Å². The molecule has 4 nitrogen and oxygen atoms in total. The number of nitriles is 1. The zero-order valence-corrected chi connectivity index (χ0v) is 12.7. The van der Waals surface area contributed by atoms with Gasteiger partial charge in [0.25, 0.3) is 5.91 Å². The molecule has 0 radical (unpaired) electrons. The van der Waals surface area contributed by atoms with Crippen molar-refractivity contribution in [2.24, 2.45) is 0 Å². The van der Waals surface area contributed by atoms with E-state index in [2.05, 4.69) is 5.32 Å². The number of halogens is 1. The summed E-state index contributed by atoms with van der Waals surface area (Å²) in [5.41, 5.74) is 1.08. The number of nitrogens with one attached hydrogen (secondary N) is 1. The van der Waals surface area contributed by atoms with E-state index in [0.717, 1.165) is 5.39 Å². The molecule has 0 atom stereocenters. The number of nitrogens with zero attached hydrogens (tertiary/aromatic N) is 1. The minimum atomic E-state index is -0.541. The first kappa shape index (κ1) is 14.9. The van der Waals surface area contributed by atoms with Crippen LogP contribution in [0.2, 0.25) is 5.02 Å². The summed E-state index contributed by atoms with van der Waals surface area (Å²) in [5, 5.41) is 13.1. The van der Waals surface area contributed by atoms with Crippen LogP contribution in [-0.4, -0.2) is 5.91 Å². The van der Waals surface area contributed by atoms with Crippen molar-refractivity contribution in [2.75, 3.05) is 5.32 Å². The standard InChI is InChI=1S/C18H11ClN2O2/c19-15-6-2-3-7-16(15)21-18(22)13(11-20)10-14-9-12-5-1-4-8-17(12)23-14/h1-10H,(H,21,22)/b13-10+. The fourth-order valence-corrected chi connectivity index (χ4v) is 2.30. The summed E-state index contributed by atoms with van der Waals surface area (Å²) in [6.07, 6.45) is 1.41. The minimum Gasteiger partial charge on any atom is -0.457 e. The number of amides is 1. The number of carbonyl (C=O) groups excluding carboxylic acids is 1. The molecule has 23 heavy (non-hydrogen) atoms. The van der Waals surface area contributed by atoms with E-state index in [4.69, 9.17) is 16.0 Å². The second-order valence-corrected chi connectivity index (χ2v) is 5.20. The van der Waals surface area contributed by atoms with Crippen molar-refractivity contribution in [3.63, 3.8) is 0 Å². The molecule has 0 aliphatic heterocycles. The molecule has 1 heterocycles. The highest BCUT2D eigenvalue weighted by Crippen LogP contribution is 2.23. The summed E-state index contributed by atoms with van der Waals surface area (Å²) in [7, 11) is 0. The maximum absolute atomic E-state index is 12.2. The summed E-state index contributed by atoms with van der Waals surface area (Å²) in [6, 6.07) is 17.9. The molecule has 3 aromatic rings. The maximum atomic E-state index is 12.2. The molecule has 0 saturated heterocycles. The number of rotatable bonds is 3. The van der Waals surface area contributed by atoms with E-state index in [1.165, 1.54) is 6.08 Å². The molecule has 0 aliphatic carbocycles. The van der Waals surface area contributed by atoms with Crippen LogP contribution in [0.3, 0.4) is 0 Å². The lowest BCUT2D eigenvalue weighted by atomic mass is 10.2. The van der Waals surface area contributed by atoms with E-state index in [1.54, 1.807) is 30.3 Å². The first-order chi connectivity index (χ1) is 11.2. The van der Waals surface area contributed by atoms with Crippen molar-refractivity contribution in [1.82, 2.24) is 0 Å². The summed E-state index contributed by atoms with van der Waals surface area (Å²) in [5.74, 6) is -0.0990. The third kappa shape index (κ3) is 3.25. The molecule has 3 rings (SSSR count). The highest BCUT2D eigenvalue weighted by Gasteiger charge is 2.12. The molecule has 0 unspecified atom stereocenters. The van der Waals surface area contributed by atoms with Gasteiger partial charge in [0.15, 0.2) is 0 Å². The van der Waals surface area contributed by atoms with Gasteiger partial charge in [0.2, 0.25) is 0 Å². The maximum Gasteiger partial charge on any atom is 0.266 e. The zero-order valence-electron chi connectivity index (χ0n) is 11.9. The Hall–Kier alpha value is -3.03. The molecule has 0 fully saturated rings. The number of carbonyl (C=O) groups is 1. The lowest BCUT2D eigenvalue weighted by Crippen LogP contribution is -2.13. The van der Waals surface area contributed by atoms with Crippen LogP contribution in [0, 0.1) is 11.3 Å². The average Bonchev–Trinajstić information content (AvgIpc) is 2.97. The SMILES string of the molecule is N#C/C(=C\c1cc2ccccc2o1)C(=O)Nc1ccccc1Cl. The number of fused-ring (bicyclic) bond motifs is 1. The first-order valence-electron chi connectivity index (χ1n) is 6.83.